The Morgan fingerprint density at radius 1 is 0.826 bits per heavy atom. The van der Waals surface area contributed by atoms with Crippen LogP contribution in [-0.4, -0.2) is 58.6 Å². The monoisotopic (exact) mass is 626 g/mol. The van der Waals surface area contributed by atoms with Gasteiger partial charge >= 0.3 is 6.09 Å². The number of nitrogens with one attached hydrogen (secondary N) is 2. The highest BCUT2D eigenvalue weighted by molar-refractivity contribution is 5.89. The topological polar surface area (TPSA) is 101 Å². The SMILES string of the molecule is CC(C)(C)OC(=O)N1CCC(C(=O)N[C@@H](Cc2cccnc2)C(=O)NC(CCCc2ccccc2)CCCc2ccccc2)CC1. The zero-order valence-electron chi connectivity index (χ0n) is 27.6. The van der Waals surface area contributed by atoms with Crippen molar-refractivity contribution in [2.24, 2.45) is 5.92 Å². The van der Waals surface area contributed by atoms with Crippen LogP contribution in [0, 0.1) is 5.92 Å². The number of carbonyl (C=O) groups excluding carboxylic acids is 3. The van der Waals surface area contributed by atoms with Crippen molar-refractivity contribution in [2.75, 3.05) is 13.1 Å². The number of piperidine rings is 1. The third-order valence-electron chi connectivity index (χ3n) is 8.38. The van der Waals surface area contributed by atoms with Gasteiger partial charge in [0.15, 0.2) is 0 Å². The minimum absolute atomic E-state index is 0.00899. The molecule has 2 aromatic carbocycles. The van der Waals surface area contributed by atoms with E-state index >= 15 is 0 Å². The fourth-order valence-corrected chi connectivity index (χ4v) is 5.89. The van der Waals surface area contributed by atoms with E-state index in [9.17, 15) is 14.4 Å². The van der Waals surface area contributed by atoms with E-state index in [0.717, 1.165) is 44.1 Å². The van der Waals surface area contributed by atoms with Gasteiger partial charge in [0.2, 0.25) is 11.8 Å². The minimum atomic E-state index is -0.730. The number of nitrogens with zero attached hydrogens (tertiary/aromatic N) is 2. The molecular formula is C38H50N4O4. The minimum Gasteiger partial charge on any atom is -0.444 e. The summed E-state index contributed by atoms with van der Waals surface area (Å²) in [7, 11) is 0. The summed E-state index contributed by atoms with van der Waals surface area (Å²) in [5, 5.41) is 6.39. The second-order valence-corrected chi connectivity index (χ2v) is 13.3. The summed E-state index contributed by atoms with van der Waals surface area (Å²) in [6, 6.07) is 23.9. The van der Waals surface area contributed by atoms with Crippen LogP contribution in [0.4, 0.5) is 4.79 Å². The summed E-state index contributed by atoms with van der Waals surface area (Å²) < 4.78 is 5.51. The van der Waals surface area contributed by atoms with Gasteiger partial charge in [-0.1, -0.05) is 66.7 Å². The van der Waals surface area contributed by atoms with E-state index in [1.807, 2.05) is 45.0 Å². The van der Waals surface area contributed by atoms with Gasteiger partial charge in [-0.3, -0.25) is 14.6 Å². The van der Waals surface area contributed by atoms with Crippen molar-refractivity contribution in [1.29, 1.82) is 0 Å². The zero-order valence-corrected chi connectivity index (χ0v) is 27.6. The van der Waals surface area contributed by atoms with Crippen LogP contribution < -0.4 is 10.6 Å². The Morgan fingerprint density at radius 3 is 1.91 bits per heavy atom. The number of pyridine rings is 1. The second-order valence-electron chi connectivity index (χ2n) is 13.3. The van der Waals surface area contributed by atoms with Gasteiger partial charge in [0.05, 0.1) is 0 Å². The summed E-state index contributed by atoms with van der Waals surface area (Å²) >= 11 is 0. The molecule has 3 amide bonds. The van der Waals surface area contributed by atoms with E-state index in [1.165, 1.54) is 11.1 Å². The van der Waals surface area contributed by atoms with Gasteiger partial charge < -0.3 is 20.3 Å². The molecule has 1 aliphatic rings. The van der Waals surface area contributed by atoms with E-state index in [2.05, 4.69) is 64.1 Å². The van der Waals surface area contributed by atoms with E-state index < -0.39 is 11.6 Å². The number of hydrogen-bond donors (Lipinski definition) is 2. The number of hydrogen-bond acceptors (Lipinski definition) is 5. The molecule has 246 valence electrons. The first-order valence-electron chi connectivity index (χ1n) is 16.7. The molecule has 46 heavy (non-hydrogen) atoms. The van der Waals surface area contributed by atoms with E-state index in [1.54, 1.807) is 17.3 Å². The molecule has 8 nitrogen and oxygen atoms in total. The average Bonchev–Trinajstić information content (AvgIpc) is 3.05. The number of amides is 3. The number of ether oxygens (including phenoxy) is 1. The van der Waals surface area contributed by atoms with Gasteiger partial charge in [-0.25, -0.2) is 4.79 Å². The summed E-state index contributed by atoms with van der Waals surface area (Å²) in [4.78, 5) is 45.8. The maximum absolute atomic E-state index is 13.9. The van der Waals surface area contributed by atoms with E-state index in [0.29, 0.717) is 32.4 Å². The Bertz CT molecular complexity index is 1310. The Labute approximate surface area is 274 Å². The molecule has 1 aromatic heterocycles. The molecule has 0 aliphatic carbocycles. The standard InChI is InChI=1S/C38H50N4O4/c1-38(2,3)46-37(45)42-25-22-32(23-26-42)35(43)41-34(27-31-19-12-24-39-28-31)36(44)40-33(20-10-17-29-13-6-4-7-14-29)21-11-18-30-15-8-5-9-16-30/h4-9,12-16,19,24,28,32-34H,10-11,17-18,20-23,25-27H2,1-3H3,(H,40,44)(H,41,43)/t34-/m0/s1. The predicted molar refractivity (Wildman–Crippen MR) is 181 cm³/mol. The first-order valence-corrected chi connectivity index (χ1v) is 16.7. The van der Waals surface area contributed by atoms with Gasteiger partial charge in [-0.15, -0.1) is 0 Å². The summed E-state index contributed by atoms with van der Waals surface area (Å²) in [6.07, 6.45) is 9.99. The molecule has 1 aliphatic heterocycles. The largest absolute Gasteiger partial charge is 0.444 e. The molecule has 1 atom stereocenters. The van der Waals surface area contributed by atoms with Crippen molar-refractivity contribution in [3.63, 3.8) is 0 Å². The van der Waals surface area contributed by atoms with Crippen LogP contribution in [0.1, 0.15) is 76.0 Å². The van der Waals surface area contributed by atoms with Crippen LogP contribution in [0.2, 0.25) is 0 Å². The van der Waals surface area contributed by atoms with Crippen molar-refractivity contribution in [2.45, 2.75) is 96.2 Å². The van der Waals surface area contributed by atoms with Crippen LogP contribution in [-0.2, 0) is 33.6 Å². The number of benzene rings is 2. The maximum Gasteiger partial charge on any atom is 0.410 e. The first-order chi connectivity index (χ1) is 22.2. The number of rotatable bonds is 14. The first kappa shape index (κ1) is 34.7. The van der Waals surface area contributed by atoms with Crippen molar-refractivity contribution < 1.29 is 19.1 Å². The number of aromatic nitrogens is 1. The van der Waals surface area contributed by atoms with E-state index in [-0.39, 0.29) is 29.9 Å². The van der Waals surface area contributed by atoms with Gasteiger partial charge in [0.25, 0.3) is 0 Å². The number of carbonyl (C=O) groups is 3. The van der Waals surface area contributed by atoms with Crippen molar-refractivity contribution >= 4 is 17.9 Å². The molecule has 0 spiro atoms. The molecule has 2 N–H and O–H groups in total. The van der Waals surface area contributed by atoms with Gasteiger partial charge in [-0.2, -0.15) is 0 Å². The third kappa shape index (κ3) is 12.0. The summed E-state index contributed by atoms with van der Waals surface area (Å²) in [6.45, 7) is 6.41. The fraction of sp³-hybridized carbons (Fsp3) is 0.474. The normalized spacial score (nSPS) is 14.5. The lowest BCUT2D eigenvalue weighted by Crippen LogP contribution is -2.53. The molecule has 3 aromatic rings. The molecule has 0 bridgehead atoms. The highest BCUT2D eigenvalue weighted by atomic mass is 16.6. The van der Waals surface area contributed by atoms with Crippen LogP contribution in [0.5, 0.6) is 0 Å². The molecule has 4 rings (SSSR count). The average molecular weight is 627 g/mol. The van der Waals surface area contributed by atoms with Gasteiger partial charge in [-0.05, 0) is 94.9 Å². The lowest BCUT2D eigenvalue weighted by atomic mass is 9.95. The third-order valence-corrected chi connectivity index (χ3v) is 8.38. The molecule has 8 heteroatoms. The summed E-state index contributed by atoms with van der Waals surface area (Å²) in [5.41, 5.74) is 2.89. The van der Waals surface area contributed by atoms with Crippen LogP contribution in [0.15, 0.2) is 85.2 Å². The van der Waals surface area contributed by atoms with Gasteiger partial charge in [0, 0.05) is 43.9 Å². The van der Waals surface area contributed by atoms with Crippen LogP contribution >= 0.6 is 0 Å². The van der Waals surface area contributed by atoms with Crippen molar-refractivity contribution in [3.8, 4) is 0 Å². The van der Waals surface area contributed by atoms with Crippen molar-refractivity contribution in [3.05, 3.63) is 102 Å². The summed E-state index contributed by atoms with van der Waals surface area (Å²) in [5.74, 6) is -0.610. The van der Waals surface area contributed by atoms with E-state index in [4.69, 9.17) is 4.74 Å². The Morgan fingerprint density at radius 2 is 1.39 bits per heavy atom. The number of likely N-dealkylation sites (tertiary alicyclic amines) is 1. The highest BCUT2D eigenvalue weighted by Gasteiger charge is 2.32. The lowest BCUT2D eigenvalue weighted by molar-refractivity contribution is -0.132. The molecular weight excluding hydrogens is 576 g/mol. The second kappa shape index (κ2) is 17.5. The molecule has 0 saturated carbocycles. The highest BCUT2D eigenvalue weighted by Crippen LogP contribution is 2.21. The lowest BCUT2D eigenvalue weighted by Gasteiger charge is -2.33. The number of aryl methyl sites for hydroxylation is 2. The predicted octanol–water partition coefficient (Wildman–Crippen LogP) is 6.29. The molecule has 1 fully saturated rings. The maximum atomic E-state index is 13.9. The smallest absolute Gasteiger partial charge is 0.410 e. The Balaban J connectivity index is 1.39. The Kier molecular flexibility index (Phi) is 13.2. The molecule has 2 heterocycles. The quantitative estimate of drug-likeness (QED) is 0.219. The van der Waals surface area contributed by atoms with Crippen LogP contribution in [0.25, 0.3) is 0 Å². The molecule has 0 radical (unpaired) electrons. The fourth-order valence-electron chi connectivity index (χ4n) is 5.89. The van der Waals surface area contributed by atoms with Gasteiger partial charge in [0.1, 0.15) is 11.6 Å². The van der Waals surface area contributed by atoms with Crippen LogP contribution in [0.3, 0.4) is 0 Å². The van der Waals surface area contributed by atoms with Crippen molar-refractivity contribution in [1.82, 2.24) is 20.5 Å². The zero-order chi connectivity index (χ0) is 32.8. The molecule has 0 unspecified atom stereocenters. The Hall–Kier alpha value is -4.20. The molecule has 1 saturated heterocycles.